The van der Waals surface area contributed by atoms with Gasteiger partial charge in [-0.3, -0.25) is 4.79 Å². The molecule has 0 unspecified atom stereocenters. The van der Waals surface area contributed by atoms with Gasteiger partial charge in [0.05, 0.1) is 11.6 Å². The number of carbonyl (C=O) groups is 1. The highest BCUT2D eigenvalue weighted by atomic mass is 32.1. The van der Waals surface area contributed by atoms with Gasteiger partial charge in [-0.15, -0.1) is 11.3 Å². The summed E-state index contributed by atoms with van der Waals surface area (Å²) >= 11 is 1.62. The van der Waals surface area contributed by atoms with E-state index in [1.165, 1.54) is 0 Å². The molecule has 0 spiro atoms. The van der Waals surface area contributed by atoms with Gasteiger partial charge in [-0.25, -0.2) is 4.98 Å². The average Bonchev–Trinajstić information content (AvgIpc) is 3.03. The van der Waals surface area contributed by atoms with E-state index in [2.05, 4.69) is 9.97 Å². The Balaban J connectivity index is 1.80. The molecule has 1 N–H and O–H groups in total. The molecule has 3 aromatic rings. The third kappa shape index (κ3) is 2.44. The smallest absolute Gasteiger partial charge is 0.270 e. The average molecular weight is 285 g/mol. The van der Waals surface area contributed by atoms with Crippen LogP contribution in [0.15, 0.2) is 36.5 Å². The van der Waals surface area contributed by atoms with E-state index in [0.717, 1.165) is 20.8 Å². The van der Waals surface area contributed by atoms with E-state index in [1.54, 1.807) is 16.2 Å². The first-order chi connectivity index (χ1) is 9.63. The molecule has 0 fully saturated rings. The van der Waals surface area contributed by atoms with Crippen molar-refractivity contribution in [1.29, 1.82) is 0 Å². The summed E-state index contributed by atoms with van der Waals surface area (Å²) in [5.41, 5.74) is 1.60. The molecule has 0 bridgehead atoms. The molecule has 3 rings (SSSR count). The number of fused-ring (bicyclic) bond motifs is 1. The van der Waals surface area contributed by atoms with E-state index >= 15 is 0 Å². The normalized spacial score (nSPS) is 10.9. The highest BCUT2D eigenvalue weighted by Crippen LogP contribution is 2.18. The number of hydrogen-bond acceptors (Lipinski definition) is 3. The number of rotatable bonds is 3. The number of nitrogens with zero attached hydrogens (tertiary/aromatic N) is 2. The van der Waals surface area contributed by atoms with E-state index in [-0.39, 0.29) is 5.91 Å². The predicted octanol–water partition coefficient (Wildman–Crippen LogP) is 3.21. The van der Waals surface area contributed by atoms with Crippen molar-refractivity contribution in [3.8, 4) is 0 Å². The molecule has 1 amide bonds. The minimum atomic E-state index is -0.00717. The molecular weight excluding hydrogens is 270 g/mol. The number of nitrogens with one attached hydrogen (secondary N) is 1. The van der Waals surface area contributed by atoms with Crippen LogP contribution in [-0.2, 0) is 6.54 Å². The summed E-state index contributed by atoms with van der Waals surface area (Å²) in [5, 5.41) is 2.07. The Morgan fingerprint density at radius 2 is 2.20 bits per heavy atom. The fraction of sp³-hybridized carbons (Fsp3) is 0.200. The zero-order valence-electron chi connectivity index (χ0n) is 11.4. The first kappa shape index (κ1) is 12.9. The van der Waals surface area contributed by atoms with Crippen molar-refractivity contribution >= 4 is 28.1 Å². The van der Waals surface area contributed by atoms with Crippen LogP contribution in [-0.4, -0.2) is 27.8 Å². The molecular formula is C15H15N3OS. The van der Waals surface area contributed by atoms with Gasteiger partial charge in [0.1, 0.15) is 5.69 Å². The molecule has 0 radical (unpaired) electrons. The van der Waals surface area contributed by atoms with Gasteiger partial charge in [0.25, 0.3) is 5.91 Å². The van der Waals surface area contributed by atoms with Crippen molar-refractivity contribution in [3.05, 3.63) is 52.1 Å². The van der Waals surface area contributed by atoms with Crippen molar-refractivity contribution in [2.75, 3.05) is 7.05 Å². The summed E-state index contributed by atoms with van der Waals surface area (Å²) in [6.45, 7) is 2.55. The first-order valence-corrected chi connectivity index (χ1v) is 7.19. The fourth-order valence-electron chi connectivity index (χ4n) is 2.18. The number of carbonyl (C=O) groups excluding carboxylic acids is 1. The van der Waals surface area contributed by atoms with Crippen LogP contribution in [0.25, 0.3) is 10.9 Å². The minimum absolute atomic E-state index is 0.00717. The molecule has 2 heterocycles. The number of aromatic nitrogens is 2. The lowest BCUT2D eigenvalue weighted by molar-refractivity contribution is 0.0781. The molecule has 2 aromatic heterocycles. The molecule has 0 saturated carbocycles. The topological polar surface area (TPSA) is 49.0 Å². The van der Waals surface area contributed by atoms with E-state index in [0.29, 0.717) is 12.2 Å². The van der Waals surface area contributed by atoms with E-state index in [9.17, 15) is 4.79 Å². The van der Waals surface area contributed by atoms with Gasteiger partial charge >= 0.3 is 0 Å². The molecule has 0 aliphatic rings. The lowest BCUT2D eigenvalue weighted by Gasteiger charge is -2.14. The Morgan fingerprint density at radius 3 is 2.90 bits per heavy atom. The van der Waals surface area contributed by atoms with Crippen LogP contribution in [0.4, 0.5) is 0 Å². The van der Waals surface area contributed by atoms with Crippen LogP contribution < -0.4 is 0 Å². The zero-order chi connectivity index (χ0) is 14.1. The van der Waals surface area contributed by atoms with Gasteiger partial charge in [0.2, 0.25) is 0 Å². The van der Waals surface area contributed by atoms with Crippen molar-refractivity contribution < 1.29 is 4.79 Å². The minimum Gasteiger partial charge on any atom is -0.351 e. The van der Waals surface area contributed by atoms with Gasteiger partial charge in [0, 0.05) is 29.0 Å². The third-order valence-corrected chi connectivity index (χ3v) is 4.07. The van der Waals surface area contributed by atoms with Crippen LogP contribution in [0.5, 0.6) is 0 Å². The molecule has 0 atom stereocenters. The summed E-state index contributed by atoms with van der Waals surface area (Å²) < 4.78 is 0. The number of aryl methyl sites for hydroxylation is 1. The number of amides is 1. The summed E-state index contributed by atoms with van der Waals surface area (Å²) in [7, 11) is 1.81. The van der Waals surface area contributed by atoms with Crippen LogP contribution in [0.3, 0.4) is 0 Å². The third-order valence-electron chi connectivity index (χ3n) is 3.17. The number of benzene rings is 1. The summed E-state index contributed by atoms with van der Waals surface area (Å²) in [6, 6.07) is 9.78. The Labute approximate surface area is 121 Å². The number of thiazole rings is 1. The second-order valence-corrected chi connectivity index (χ2v) is 6.10. The zero-order valence-corrected chi connectivity index (χ0v) is 12.2. The van der Waals surface area contributed by atoms with Crippen LogP contribution in [0, 0.1) is 6.92 Å². The number of aromatic amines is 1. The van der Waals surface area contributed by atoms with Crippen molar-refractivity contribution in [1.82, 2.24) is 14.9 Å². The van der Waals surface area contributed by atoms with Crippen LogP contribution >= 0.6 is 11.3 Å². The number of para-hydroxylation sites is 1. The van der Waals surface area contributed by atoms with E-state index in [1.807, 2.05) is 50.5 Å². The number of H-pyrrole nitrogens is 1. The summed E-state index contributed by atoms with van der Waals surface area (Å²) in [6.07, 6.45) is 1.83. The molecule has 20 heavy (non-hydrogen) atoms. The monoisotopic (exact) mass is 285 g/mol. The predicted molar refractivity (Wildman–Crippen MR) is 80.9 cm³/mol. The maximum absolute atomic E-state index is 12.4. The summed E-state index contributed by atoms with van der Waals surface area (Å²) in [5.74, 6) is -0.00717. The highest BCUT2D eigenvalue weighted by Gasteiger charge is 2.15. The lowest BCUT2D eigenvalue weighted by atomic mass is 10.2. The van der Waals surface area contributed by atoms with Gasteiger partial charge < -0.3 is 9.88 Å². The first-order valence-electron chi connectivity index (χ1n) is 6.38. The van der Waals surface area contributed by atoms with Gasteiger partial charge in [-0.1, -0.05) is 18.2 Å². The Hall–Kier alpha value is -2.14. The Bertz CT molecular complexity index is 726. The lowest BCUT2D eigenvalue weighted by Crippen LogP contribution is -2.26. The Kier molecular flexibility index (Phi) is 3.28. The van der Waals surface area contributed by atoms with Crippen molar-refractivity contribution in [2.45, 2.75) is 13.5 Å². The number of hydrogen-bond donors (Lipinski definition) is 1. The second-order valence-electron chi connectivity index (χ2n) is 4.78. The van der Waals surface area contributed by atoms with Crippen LogP contribution in [0.2, 0.25) is 0 Å². The molecule has 0 aliphatic heterocycles. The second kappa shape index (κ2) is 5.09. The molecule has 0 saturated heterocycles. The maximum atomic E-state index is 12.4. The maximum Gasteiger partial charge on any atom is 0.270 e. The quantitative estimate of drug-likeness (QED) is 0.803. The van der Waals surface area contributed by atoms with E-state index < -0.39 is 0 Å². The van der Waals surface area contributed by atoms with Gasteiger partial charge in [-0.2, -0.15) is 0 Å². The van der Waals surface area contributed by atoms with Crippen molar-refractivity contribution in [2.24, 2.45) is 0 Å². The fourth-order valence-corrected chi connectivity index (χ4v) is 3.03. The highest BCUT2D eigenvalue weighted by molar-refractivity contribution is 7.11. The molecule has 5 heteroatoms. The van der Waals surface area contributed by atoms with E-state index in [4.69, 9.17) is 0 Å². The molecule has 4 nitrogen and oxygen atoms in total. The van der Waals surface area contributed by atoms with Crippen molar-refractivity contribution in [3.63, 3.8) is 0 Å². The molecule has 1 aromatic carbocycles. The standard InChI is InChI=1S/C15H15N3OS/c1-10-16-8-12(20-10)9-18(2)15(19)14-7-11-5-3-4-6-13(11)17-14/h3-8,17H,9H2,1-2H3. The largest absolute Gasteiger partial charge is 0.351 e. The molecule has 102 valence electrons. The SMILES string of the molecule is Cc1ncc(CN(C)C(=O)c2cc3ccccc3[nH]2)s1. The molecule has 0 aliphatic carbocycles. The summed E-state index contributed by atoms with van der Waals surface area (Å²) in [4.78, 5) is 22.6. The van der Waals surface area contributed by atoms with Gasteiger partial charge in [-0.05, 0) is 19.1 Å². The van der Waals surface area contributed by atoms with Gasteiger partial charge in [0.15, 0.2) is 0 Å². The van der Waals surface area contributed by atoms with Crippen LogP contribution in [0.1, 0.15) is 20.4 Å². The Morgan fingerprint density at radius 1 is 1.40 bits per heavy atom.